The maximum atomic E-state index is 13.2. The molecule has 2 aliphatic carbocycles. The summed E-state index contributed by atoms with van der Waals surface area (Å²) in [5, 5.41) is 3.11. The van der Waals surface area contributed by atoms with E-state index in [1.54, 1.807) is 0 Å². The van der Waals surface area contributed by atoms with Crippen molar-refractivity contribution in [1.29, 1.82) is 0 Å². The number of nitrogens with zero attached hydrogens (tertiary/aromatic N) is 1. The topological polar surface area (TPSA) is 49.4 Å². The highest BCUT2D eigenvalue weighted by molar-refractivity contribution is 5.85. The van der Waals surface area contributed by atoms with Crippen LogP contribution in [0.4, 0.5) is 0 Å². The minimum absolute atomic E-state index is 0.0936. The lowest BCUT2D eigenvalue weighted by molar-refractivity contribution is -0.150. The molecule has 0 aromatic heterocycles. The van der Waals surface area contributed by atoms with Gasteiger partial charge in [-0.25, -0.2) is 0 Å². The summed E-state index contributed by atoms with van der Waals surface area (Å²) in [5.41, 5.74) is 1.07. The Hall–Kier alpha value is -1.84. The van der Waals surface area contributed by atoms with Crippen molar-refractivity contribution in [1.82, 2.24) is 10.2 Å². The Bertz CT molecular complexity index is 627. The molecule has 3 fully saturated rings. The van der Waals surface area contributed by atoms with Gasteiger partial charge in [0.15, 0.2) is 0 Å². The number of carbonyl (C=O) groups is 2. The van der Waals surface area contributed by atoms with Gasteiger partial charge in [-0.05, 0) is 50.5 Å². The Morgan fingerprint density at radius 2 is 1.72 bits per heavy atom. The SMILES string of the molecule is O=C(NC1CC1)C1CCN(C(=O)C2(Cc3ccccc3)CCC2)CC1. The second-order valence-corrected chi connectivity index (χ2v) is 8.15. The molecule has 3 aliphatic rings. The molecule has 134 valence electrons. The van der Waals surface area contributed by atoms with Crippen LogP contribution in [0.25, 0.3) is 0 Å². The molecule has 4 nitrogen and oxygen atoms in total. The highest BCUT2D eigenvalue weighted by Crippen LogP contribution is 2.45. The van der Waals surface area contributed by atoms with Gasteiger partial charge in [-0.1, -0.05) is 36.8 Å². The monoisotopic (exact) mass is 340 g/mol. The summed E-state index contributed by atoms with van der Waals surface area (Å²) in [4.78, 5) is 27.4. The second-order valence-electron chi connectivity index (χ2n) is 8.15. The third kappa shape index (κ3) is 3.58. The summed E-state index contributed by atoms with van der Waals surface area (Å²) in [5.74, 6) is 0.622. The molecule has 25 heavy (non-hydrogen) atoms. The third-order valence-corrected chi connectivity index (χ3v) is 6.23. The van der Waals surface area contributed by atoms with E-state index in [0.29, 0.717) is 11.9 Å². The molecule has 0 unspecified atom stereocenters. The van der Waals surface area contributed by atoms with E-state index >= 15 is 0 Å². The molecule has 0 spiro atoms. The molecule has 1 aromatic rings. The first kappa shape index (κ1) is 16.6. The second kappa shape index (κ2) is 6.81. The largest absolute Gasteiger partial charge is 0.353 e. The van der Waals surface area contributed by atoms with Gasteiger partial charge >= 0.3 is 0 Å². The number of benzene rings is 1. The molecule has 1 N–H and O–H groups in total. The zero-order valence-electron chi connectivity index (χ0n) is 14.9. The molecule has 1 aliphatic heterocycles. The first-order valence-corrected chi connectivity index (χ1v) is 9.80. The number of rotatable bonds is 5. The quantitative estimate of drug-likeness (QED) is 0.896. The molecule has 0 bridgehead atoms. The van der Waals surface area contributed by atoms with Gasteiger partial charge in [0.05, 0.1) is 5.41 Å². The van der Waals surface area contributed by atoms with Crippen molar-refractivity contribution in [2.75, 3.05) is 13.1 Å². The van der Waals surface area contributed by atoms with Crippen molar-refractivity contribution in [2.45, 2.75) is 57.4 Å². The van der Waals surface area contributed by atoms with Crippen LogP contribution in [0.3, 0.4) is 0 Å². The molecule has 0 atom stereocenters. The number of carbonyl (C=O) groups excluding carboxylic acids is 2. The van der Waals surface area contributed by atoms with Crippen LogP contribution in [0, 0.1) is 11.3 Å². The summed E-state index contributed by atoms with van der Waals surface area (Å²) in [6.45, 7) is 1.47. The lowest BCUT2D eigenvalue weighted by atomic mass is 9.64. The smallest absolute Gasteiger partial charge is 0.229 e. The Morgan fingerprint density at radius 1 is 1.04 bits per heavy atom. The number of amides is 2. The van der Waals surface area contributed by atoms with Crippen molar-refractivity contribution in [3.8, 4) is 0 Å². The van der Waals surface area contributed by atoms with E-state index < -0.39 is 0 Å². The number of hydrogen-bond donors (Lipinski definition) is 1. The lowest BCUT2D eigenvalue weighted by Crippen LogP contribution is -2.52. The van der Waals surface area contributed by atoms with Crippen LogP contribution in [-0.2, 0) is 16.0 Å². The Morgan fingerprint density at radius 3 is 2.28 bits per heavy atom. The van der Waals surface area contributed by atoms with E-state index in [-0.39, 0.29) is 17.2 Å². The number of nitrogens with one attached hydrogen (secondary N) is 1. The highest BCUT2D eigenvalue weighted by Gasteiger charge is 2.46. The lowest BCUT2D eigenvalue weighted by Gasteiger charge is -2.45. The van der Waals surface area contributed by atoms with Gasteiger partial charge in [0.25, 0.3) is 0 Å². The Labute approximate surface area is 150 Å². The van der Waals surface area contributed by atoms with Crippen molar-refractivity contribution < 1.29 is 9.59 Å². The minimum Gasteiger partial charge on any atom is -0.353 e. The number of piperidine rings is 1. The normalized spacial score (nSPS) is 23.0. The van der Waals surface area contributed by atoms with Crippen LogP contribution in [0.2, 0.25) is 0 Å². The van der Waals surface area contributed by atoms with Gasteiger partial charge in [0.2, 0.25) is 11.8 Å². The maximum absolute atomic E-state index is 13.2. The molecule has 4 rings (SSSR count). The van der Waals surface area contributed by atoms with E-state index in [0.717, 1.165) is 64.5 Å². The number of likely N-dealkylation sites (tertiary alicyclic amines) is 1. The summed E-state index contributed by atoms with van der Waals surface area (Å²) in [6.07, 6.45) is 7.90. The predicted octanol–water partition coefficient (Wildman–Crippen LogP) is 2.92. The van der Waals surface area contributed by atoms with Crippen molar-refractivity contribution in [3.63, 3.8) is 0 Å². The van der Waals surface area contributed by atoms with Crippen LogP contribution < -0.4 is 5.32 Å². The van der Waals surface area contributed by atoms with E-state index in [2.05, 4.69) is 29.6 Å². The van der Waals surface area contributed by atoms with Crippen LogP contribution >= 0.6 is 0 Å². The molecule has 4 heteroatoms. The average molecular weight is 340 g/mol. The first-order chi connectivity index (χ1) is 12.2. The molecule has 2 saturated carbocycles. The molecule has 1 saturated heterocycles. The average Bonchev–Trinajstić information content (AvgIpc) is 3.42. The van der Waals surface area contributed by atoms with E-state index in [1.165, 1.54) is 5.56 Å². The molecule has 1 aromatic carbocycles. The summed E-state index contributed by atoms with van der Waals surface area (Å²) in [7, 11) is 0. The van der Waals surface area contributed by atoms with Crippen LogP contribution in [-0.4, -0.2) is 35.8 Å². The third-order valence-electron chi connectivity index (χ3n) is 6.23. The molecule has 1 heterocycles. The van der Waals surface area contributed by atoms with Gasteiger partial charge in [-0.3, -0.25) is 9.59 Å². The van der Waals surface area contributed by atoms with Gasteiger partial charge in [0.1, 0.15) is 0 Å². The van der Waals surface area contributed by atoms with Gasteiger partial charge < -0.3 is 10.2 Å². The van der Waals surface area contributed by atoms with Crippen LogP contribution in [0.5, 0.6) is 0 Å². The Balaban J connectivity index is 1.35. The van der Waals surface area contributed by atoms with Gasteiger partial charge in [-0.2, -0.15) is 0 Å². The summed E-state index contributed by atoms with van der Waals surface area (Å²) in [6, 6.07) is 10.8. The van der Waals surface area contributed by atoms with Gasteiger partial charge in [0, 0.05) is 25.0 Å². The maximum Gasteiger partial charge on any atom is 0.229 e. The van der Waals surface area contributed by atoms with E-state index in [4.69, 9.17) is 0 Å². The fourth-order valence-electron chi connectivity index (χ4n) is 4.28. The van der Waals surface area contributed by atoms with Gasteiger partial charge in [-0.15, -0.1) is 0 Å². The zero-order chi connectivity index (χ0) is 17.3. The standard InChI is InChI=1S/C21H28N2O2/c24-19(22-18-7-8-18)17-9-13-23(14-10-17)20(25)21(11-4-12-21)15-16-5-2-1-3-6-16/h1-3,5-6,17-18H,4,7-15H2,(H,22,24). The van der Waals surface area contributed by atoms with Crippen molar-refractivity contribution in [3.05, 3.63) is 35.9 Å². The number of hydrogen-bond acceptors (Lipinski definition) is 2. The Kier molecular flexibility index (Phi) is 4.53. The van der Waals surface area contributed by atoms with Crippen LogP contribution in [0.15, 0.2) is 30.3 Å². The molecular formula is C21H28N2O2. The van der Waals surface area contributed by atoms with Crippen molar-refractivity contribution >= 4 is 11.8 Å². The molecule has 0 radical (unpaired) electrons. The first-order valence-electron chi connectivity index (χ1n) is 9.80. The van der Waals surface area contributed by atoms with Crippen LogP contribution in [0.1, 0.15) is 50.5 Å². The molecule has 2 amide bonds. The minimum atomic E-state index is -0.190. The summed E-state index contributed by atoms with van der Waals surface area (Å²) >= 11 is 0. The fraction of sp³-hybridized carbons (Fsp3) is 0.619. The van der Waals surface area contributed by atoms with Crippen molar-refractivity contribution in [2.24, 2.45) is 11.3 Å². The van der Waals surface area contributed by atoms with E-state index in [1.807, 2.05) is 11.0 Å². The molecular weight excluding hydrogens is 312 g/mol. The zero-order valence-corrected chi connectivity index (χ0v) is 14.9. The fourth-order valence-corrected chi connectivity index (χ4v) is 4.28. The summed E-state index contributed by atoms with van der Waals surface area (Å²) < 4.78 is 0. The predicted molar refractivity (Wildman–Crippen MR) is 96.9 cm³/mol. The highest BCUT2D eigenvalue weighted by atomic mass is 16.2. The van der Waals surface area contributed by atoms with E-state index in [9.17, 15) is 9.59 Å².